The molecule has 4 nitrogen and oxygen atoms in total. The Morgan fingerprint density at radius 3 is 2.27 bits per heavy atom. The van der Waals surface area contributed by atoms with Crippen molar-refractivity contribution in [2.45, 2.75) is 19.3 Å². The average molecular weight is 463 g/mol. The fraction of sp³-hybridized carbons (Fsp3) is 0.130. The molecule has 1 heterocycles. The zero-order valence-electron chi connectivity index (χ0n) is 16.9. The Labute approximate surface area is 183 Å². The number of nitrogens with zero attached hydrogens (tertiary/aromatic N) is 2. The van der Waals surface area contributed by atoms with Gasteiger partial charge in [-0.25, -0.2) is 4.68 Å². The Morgan fingerprint density at radius 1 is 0.879 bits per heavy atom. The Bertz CT molecular complexity index is 1350. The minimum Gasteiger partial charge on any atom is -0.321 e. The van der Waals surface area contributed by atoms with E-state index < -0.39 is 35.0 Å². The van der Waals surface area contributed by atoms with E-state index in [9.17, 15) is 31.1 Å². The Morgan fingerprint density at radius 2 is 1.58 bits per heavy atom. The van der Waals surface area contributed by atoms with Crippen molar-refractivity contribution < 1.29 is 31.1 Å². The lowest BCUT2D eigenvalue weighted by atomic mass is 10.1. The molecule has 0 fully saturated rings. The molecular weight excluding hydrogens is 448 g/mol. The average Bonchev–Trinajstić information content (AvgIpc) is 3.18. The van der Waals surface area contributed by atoms with E-state index in [1.54, 1.807) is 6.07 Å². The largest absolute Gasteiger partial charge is 0.417 e. The van der Waals surface area contributed by atoms with E-state index in [2.05, 4.69) is 10.4 Å². The lowest BCUT2D eigenvalue weighted by molar-refractivity contribution is -0.138. The number of anilines is 1. The van der Waals surface area contributed by atoms with Gasteiger partial charge in [0.2, 0.25) is 0 Å². The molecule has 33 heavy (non-hydrogen) atoms. The number of nitrogens with one attached hydrogen (secondary N) is 1. The van der Waals surface area contributed by atoms with Crippen LogP contribution in [0.1, 0.15) is 27.0 Å². The molecule has 0 saturated heterocycles. The van der Waals surface area contributed by atoms with Crippen LogP contribution < -0.4 is 5.32 Å². The summed E-state index contributed by atoms with van der Waals surface area (Å²) >= 11 is 0. The lowest BCUT2D eigenvalue weighted by Crippen LogP contribution is -2.18. The normalized spacial score (nSPS) is 12.2. The summed E-state index contributed by atoms with van der Waals surface area (Å²) in [6, 6.07) is 12.7. The number of hydrogen-bond donors (Lipinski definition) is 1. The maximum absolute atomic E-state index is 13.3. The van der Waals surface area contributed by atoms with Gasteiger partial charge in [0.25, 0.3) is 5.91 Å². The second kappa shape index (κ2) is 7.95. The first kappa shape index (κ1) is 22.4. The van der Waals surface area contributed by atoms with Gasteiger partial charge < -0.3 is 5.32 Å². The van der Waals surface area contributed by atoms with E-state index in [4.69, 9.17) is 0 Å². The van der Waals surface area contributed by atoms with Crippen molar-refractivity contribution in [1.29, 1.82) is 0 Å². The fourth-order valence-corrected chi connectivity index (χ4v) is 3.53. The Balaban J connectivity index is 1.74. The van der Waals surface area contributed by atoms with Crippen LogP contribution >= 0.6 is 0 Å². The molecule has 4 rings (SSSR count). The highest BCUT2D eigenvalue weighted by molar-refractivity contribution is 6.09. The summed E-state index contributed by atoms with van der Waals surface area (Å²) in [4.78, 5) is 12.6. The highest BCUT2D eigenvalue weighted by atomic mass is 19.4. The number of aryl methyl sites for hydroxylation is 1. The van der Waals surface area contributed by atoms with Crippen molar-refractivity contribution in [3.05, 3.63) is 89.1 Å². The summed E-state index contributed by atoms with van der Waals surface area (Å²) in [5, 5.41) is 6.94. The number of halogens is 6. The molecule has 0 aliphatic heterocycles. The maximum atomic E-state index is 13.3. The molecular formula is C23H15F6N3O. The zero-order valence-corrected chi connectivity index (χ0v) is 16.9. The van der Waals surface area contributed by atoms with Crippen LogP contribution in [0.15, 0.2) is 66.9 Å². The summed E-state index contributed by atoms with van der Waals surface area (Å²) in [5.41, 5.74) is -1.70. The maximum Gasteiger partial charge on any atom is 0.417 e. The van der Waals surface area contributed by atoms with Crippen LogP contribution in [-0.2, 0) is 12.4 Å². The molecule has 0 saturated carbocycles. The number of carbonyl (C=O) groups is 1. The summed E-state index contributed by atoms with van der Waals surface area (Å²) in [6.45, 7) is 1.35. The second-order valence-electron chi connectivity index (χ2n) is 7.29. The van der Waals surface area contributed by atoms with E-state index in [1.807, 2.05) is 0 Å². The van der Waals surface area contributed by atoms with E-state index in [0.29, 0.717) is 10.9 Å². The molecule has 1 amide bonds. The number of amides is 1. The number of aromatic nitrogens is 2. The van der Waals surface area contributed by atoms with Crippen LogP contribution in [0.4, 0.5) is 32.0 Å². The van der Waals surface area contributed by atoms with E-state index in [1.165, 1.54) is 54.2 Å². The quantitative estimate of drug-likeness (QED) is 0.347. The molecule has 4 aromatic rings. The number of alkyl halides is 6. The van der Waals surface area contributed by atoms with Crippen molar-refractivity contribution in [1.82, 2.24) is 9.78 Å². The molecule has 0 aliphatic carbocycles. The third kappa shape index (κ3) is 4.28. The van der Waals surface area contributed by atoms with Gasteiger partial charge in [0.05, 0.1) is 39.8 Å². The van der Waals surface area contributed by atoms with Gasteiger partial charge in [-0.05, 0) is 48.9 Å². The standard InChI is InChI=1S/C23H15F6N3O/c1-13-9-10-14(11-18(13)23(27,28)29)32-20-8-4-7-19(16(20)12-30-32)31-21(33)15-5-2-3-6-17(15)22(24,25)26/h2-12H,1H3,(H,31,33). The highest BCUT2D eigenvalue weighted by Gasteiger charge is 2.35. The molecule has 0 aliphatic rings. The Kier molecular flexibility index (Phi) is 5.39. The topological polar surface area (TPSA) is 46.9 Å². The van der Waals surface area contributed by atoms with Gasteiger partial charge in [0.15, 0.2) is 0 Å². The van der Waals surface area contributed by atoms with Crippen LogP contribution in [-0.4, -0.2) is 15.7 Å². The first-order valence-corrected chi connectivity index (χ1v) is 9.59. The first-order valence-electron chi connectivity index (χ1n) is 9.59. The number of fused-ring (bicyclic) bond motifs is 1. The third-order valence-electron chi connectivity index (χ3n) is 5.11. The van der Waals surface area contributed by atoms with Crippen molar-refractivity contribution in [3.8, 4) is 5.69 Å². The SMILES string of the molecule is Cc1ccc(-n2ncc3c(NC(=O)c4ccccc4C(F)(F)F)cccc32)cc1C(F)(F)F. The molecule has 10 heteroatoms. The number of carbonyl (C=O) groups excluding carboxylic acids is 1. The predicted octanol–water partition coefficient (Wildman–Crippen LogP) is 6.62. The minimum absolute atomic E-state index is 0.0546. The summed E-state index contributed by atoms with van der Waals surface area (Å²) in [5.74, 6) is -0.974. The first-order chi connectivity index (χ1) is 15.5. The van der Waals surface area contributed by atoms with E-state index in [0.717, 1.165) is 18.2 Å². The monoisotopic (exact) mass is 463 g/mol. The zero-order chi connectivity index (χ0) is 24.0. The summed E-state index contributed by atoms with van der Waals surface area (Å²) in [7, 11) is 0. The molecule has 170 valence electrons. The van der Waals surface area contributed by atoms with E-state index in [-0.39, 0.29) is 16.9 Å². The van der Waals surface area contributed by atoms with Crippen molar-refractivity contribution in [2.24, 2.45) is 0 Å². The van der Waals surface area contributed by atoms with Gasteiger partial charge in [-0.1, -0.05) is 24.3 Å². The predicted molar refractivity (Wildman–Crippen MR) is 110 cm³/mol. The Hall–Kier alpha value is -3.82. The molecule has 0 spiro atoms. The van der Waals surface area contributed by atoms with Crippen molar-refractivity contribution >= 4 is 22.5 Å². The molecule has 1 N–H and O–H groups in total. The molecule has 3 aromatic carbocycles. The number of hydrogen-bond acceptors (Lipinski definition) is 2. The molecule has 0 unspecified atom stereocenters. The molecule has 1 aromatic heterocycles. The molecule has 0 atom stereocenters. The minimum atomic E-state index is -4.72. The lowest BCUT2D eigenvalue weighted by Gasteiger charge is -2.14. The fourth-order valence-electron chi connectivity index (χ4n) is 3.53. The highest BCUT2D eigenvalue weighted by Crippen LogP contribution is 2.35. The molecule has 0 radical (unpaired) electrons. The van der Waals surface area contributed by atoms with Crippen LogP contribution in [0.3, 0.4) is 0 Å². The second-order valence-corrected chi connectivity index (χ2v) is 7.29. The smallest absolute Gasteiger partial charge is 0.321 e. The van der Waals surface area contributed by atoms with Gasteiger partial charge in [0.1, 0.15) is 0 Å². The van der Waals surface area contributed by atoms with Gasteiger partial charge in [-0.15, -0.1) is 0 Å². The van der Waals surface area contributed by atoms with Gasteiger partial charge in [-0.2, -0.15) is 31.4 Å². The van der Waals surface area contributed by atoms with Crippen molar-refractivity contribution in [3.63, 3.8) is 0 Å². The van der Waals surface area contributed by atoms with Crippen LogP contribution in [0.25, 0.3) is 16.6 Å². The number of rotatable bonds is 3. The van der Waals surface area contributed by atoms with Gasteiger partial charge in [-0.3, -0.25) is 4.79 Å². The van der Waals surface area contributed by atoms with Crippen LogP contribution in [0.2, 0.25) is 0 Å². The summed E-state index contributed by atoms with van der Waals surface area (Å²) < 4.78 is 81.0. The summed E-state index contributed by atoms with van der Waals surface area (Å²) in [6.07, 6.45) is -7.94. The number of benzene rings is 3. The molecule has 0 bridgehead atoms. The van der Waals surface area contributed by atoms with Crippen LogP contribution in [0.5, 0.6) is 0 Å². The van der Waals surface area contributed by atoms with Gasteiger partial charge >= 0.3 is 12.4 Å². The van der Waals surface area contributed by atoms with E-state index >= 15 is 0 Å². The van der Waals surface area contributed by atoms with Gasteiger partial charge in [0, 0.05) is 5.39 Å². The van der Waals surface area contributed by atoms with Crippen LogP contribution in [0, 0.1) is 6.92 Å². The third-order valence-corrected chi connectivity index (χ3v) is 5.11. The van der Waals surface area contributed by atoms with Crippen molar-refractivity contribution in [2.75, 3.05) is 5.32 Å².